The quantitative estimate of drug-likeness (QED) is 0.0966. The number of unbranched alkanes of at least 4 members (excludes halogenated alkanes) is 2. The summed E-state index contributed by atoms with van der Waals surface area (Å²) in [5, 5.41) is 9.60. The van der Waals surface area contributed by atoms with Crippen LogP contribution in [-0.2, 0) is 31.1 Å². The van der Waals surface area contributed by atoms with Crippen LogP contribution in [0.5, 0.6) is 0 Å². The monoisotopic (exact) mass is 671 g/mol. The van der Waals surface area contributed by atoms with E-state index < -0.39 is 31.6 Å². The predicted octanol–water partition coefficient (Wildman–Crippen LogP) is 5.89. The van der Waals surface area contributed by atoms with Crippen molar-refractivity contribution in [2.45, 2.75) is 64.2 Å². The van der Waals surface area contributed by atoms with Crippen LogP contribution in [0.2, 0.25) is 0 Å². The van der Waals surface area contributed by atoms with E-state index in [1.807, 2.05) is 50.3 Å². The fraction of sp³-hybridized carbons (Fsp3) is 0.412. The summed E-state index contributed by atoms with van der Waals surface area (Å²) in [6, 6.07) is 13.2. The maximum atomic E-state index is 11.7. The molecule has 248 valence electrons. The molecule has 0 atom stereocenters. The van der Waals surface area contributed by atoms with Crippen LogP contribution in [0.4, 0.5) is 11.4 Å². The number of benzene rings is 2. The van der Waals surface area contributed by atoms with Crippen LogP contribution in [0.1, 0.15) is 74.9 Å². The van der Waals surface area contributed by atoms with Gasteiger partial charge < -0.3 is 10.0 Å². The first-order valence-corrected chi connectivity index (χ1v) is 18.5. The molecule has 2 aliphatic rings. The highest BCUT2D eigenvalue weighted by molar-refractivity contribution is 7.86. The maximum Gasteiger partial charge on any atom is 0.335 e. The topological polar surface area (TPSA) is 152 Å². The van der Waals surface area contributed by atoms with Gasteiger partial charge in [-0.15, -0.1) is 0 Å². The Labute approximate surface area is 272 Å². The molecule has 12 heteroatoms. The summed E-state index contributed by atoms with van der Waals surface area (Å²) in [4.78, 5) is 13.8. The van der Waals surface area contributed by atoms with Crippen molar-refractivity contribution in [2.75, 3.05) is 29.5 Å². The van der Waals surface area contributed by atoms with Crippen molar-refractivity contribution in [3.05, 3.63) is 95.2 Å². The second-order valence-electron chi connectivity index (χ2n) is 12.8. The van der Waals surface area contributed by atoms with Gasteiger partial charge in [0.05, 0.1) is 22.5 Å². The van der Waals surface area contributed by atoms with Gasteiger partial charge in [-0.1, -0.05) is 50.3 Å². The van der Waals surface area contributed by atoms with Crippen LogP contribution < -0.4 is 4.90 Å². The molecule has 0 saturated carbocycles. The van der Waals surface area contributed by atoms with E-state index in [-0.39, 0.29) is 28.9 Å². The average Bonchev–Trinajstić information content (AvgIpc) is 3.30. The van der Waals surface area contributed by atoms with E-state index in [4.69, 9.17) is 9.11 Å². The second-order valence-corrected chi connectivity index (χ2v) is 15.9. The van der Waals surface area contributed by atoms with Crippen molar-refractivity contribution in [3.63, 3.8) is 0 Å². The number of carboxylic acids is 1. The van der Waals surface area contributed by atoms with E-state index in [1.165, 1.54) is 5.56 Å². The molecule has 0 saturated heterocycles. The van der Waals surface area contributed by atoms with Gasteiger partial charge in [-0.2, -0.15) is 21.4 Å². The third kappa shape index (κ3) is 8.03. The molecule has 10 nitrogen and oxygen atoms in total. The summed E-state index contributed by atoms with van der Waals surface area (Å²) >= 11 is 0. The number of aromatic carboxylic acids is 1. The third-order valence-corrected chi connectivity index (χ3v) is 10.3. The maximum absolute atomic E-state index is 11.7. The first-order valence-electron chi connectivity index (χ1n) is 15.3. The lowest BCUT2D eigenvalue weighted by Gasteiger charge is -2.27. The Balaban J connectivity index is 1.61. The highest BCUT2D eigenvalue weighted by atomic mass is 32.2. The Kier molecular flexibility index (Phi) is 10.5. The van der Waals surface area contributed by atoms with E-state index >= 15 is 0 Å². The zero-order valence-corrected chi connectivity index (χ0v) is 28.3. The summed E-state index contributed by atoms with van der Waals surface area (Å²) in [5.74, 6) is -1.61. The smallest absolute Gasteiger partial charge is 0.335 e. The standard InChI is InChI=1S/C34H42N2O8S2/c1-33(2)26-14-8-9-15-28(26)35(20-10-12-22-45(39,40)41)30(33)16-6-5-7-17-31-34(3,4)27-24-25(32(37)38)18-19-29(27)36(31)21-11-13-23-46(42,43)44/h5-9,14-19,24H,10-13,20-23H2,1-4H3,(H2-,37,38,39,40,41,42,43,44)/p+1. The van der Waals surface area contributed by atoms with Gasteiger partial charge >= 0.3 is 5.97 Å². The summed E-state index contributed by atoms with van der Waals surface area (Å²) < 4.78 is 65.4. The molecule has 0 fully saturated rings. The molecule has 2 aliphatic heterocycles. The van der Waals surface area contributed by atoms with Crippen molar-refractivity contribution in [1.29, 1.82) is 0 Å². The number of carbonyl (C=O) groups is 1. The molecule has 2 aromatic carbocycles. The van der Waals surface area contributed by atoms with E-state index in [9.17, 15) is 26.7 Å². The lowest BCUT2D eigenvalue weighted by molar-refractivity contribution is -0.438. The second kappa shape index (κ2) is 13.6. The van der Waals surface area contributed by atoms with E-state index in [1.54, 1.807) is 18.2 Å². The molecule has 3 N–H and O–H groups in total. The number of hydrogen-bond acceptors (Lipinski definition) is 6. The third-order valence-electron chi connectivity index (χ3n) is 8.74. The van der Waals surface area contributed by atoms with Gasteiger partial charge in [0.25, 0.3) is 20.2 Å². The minimum atomic E-state index is -4.06. The molecule has 0 aliphatic carbocycles. The summed E-state index contributed by atoms with van der Waals surface area (Å²) in [5.41, 5.74) is 5.34. The molecule has 46 heavy (non-hydrogen) atoms. The van der Waals surface area contributed by atoms with Crippen LogP contribution in [-0.4, -0.2) is 71.9 Å². The largest absolute Gasteiger partial charge is 0.478 e. The lowest BCUT2D eigenvalue weighted by atomic mass is 9.81. The van der Waals surface area contributed by atoms with Crippen LogP contribution in [0.15, 0.2) is 78.5 Å². The van der Waals surface area contributed by atoms with Gasteiger partial charge in [0.2, 0.25) is 5.69 Å². The van der Waals surface area contributed by atoms with Crippen molar-refractivity contribution < 1.29 is 40.4 Å². The van der Waals surface area contributed by atoms with Crippen LogP contribution in [0, 0.1) is 0 Å². The summed E-state index contributed by atoms with van der Waals surface area (Å²) in [6.07, 6.45) is 11.6. The number of nitrogens with zero attached hydrogens (tertiary/aromatic N) is 2. The SMILES string of the molecule is CC1(C)C(/C=C/C=C/C=C2/N(CCCCS(=O)(=O)O)c3ccc(C(=O)O)cc3C2(C)C)=[N+](CCCCS(=O)(=O)O)c2ccccc21. The van der Waals surface area contributed by atoms with E-state index in [0.717, 1.165) is 28.3 Å². The number of para-hydroxylation sites is 1. The first-order chi connectivity index (χ1) is 21.4. The average molecular weight is 672 g/mol. The molecular formula is C34H43N2O8S2+. The zero-order chi connectivity index (χ0) is 33.9. The number of allylic oxidation sites excluding steroid dienone is 6. The van der Waals surface area contributed by atoms with Gasteiger partial charge in [0.1, 0.15) is 6.54 Å². The summed E-state index contributed by atoms with van der Waals surface area (Å²) in [6.45, 7) is 9.45. The zero-order valence-electron chi connectivity index (χ0n) is 26.7. The number of hydrogen-bond donors (Lipinski definition) is 3. The number of fused-ring (bicyclic) bond motifs is 2. The van der Waals surface area contributed by atoms with Gasteiger partial charge in [-0.25, -0.2) is 4.79 Å². The molecule has 0 radical (unpaired) electrons. The van der Waals surface area contributed by atoms with Crippen molar-refractivity contribution in [2.24, 2.45) is 0 Å². The number of rotatable bonds is 14. The minimum Gasteiger partial charge on any atom is -0.478 e. The predicted molar refractivity (Wildman–Crippen MR) is 181 cm³/mol. The van der Waals surface area contributed by atoms with Gasteiger partial charge in [-0.3, -0.25) is 9.11 Å². The van der Waals surface area contributed by atoms with E-state index in [0.29, 0.717) is 32.4 Å². The Bertz CT molecular complexity index is 1840. The fourth-order valence-corrected chi connectivity index (χ4v) is 7.54. The number of carboxylic acid groups (broad SMARTS) is 1. The lowest BCUT2D eigenvalue weighted by Crippen LogP contribution is -2.28. The Hall–Kier alpha value is -3.58. The highest BCUT2D eigenvalue weighted by Crippen LogP contribution is 2.48. The molecule has 2 heterocycles. The Morgan fingerprint density at radius 2 is 1.48 bits per heavy atom. The Morgan fingerprint density at radius 1 is 0.826 bits per heavy atom. The summed E-state index contributed by atoms with van der Waals surface area (Å²) in [7, 11) is -8.07. The number of anilines is 1. The highest BCUT2D eigenvalue weighted by Gasteiger charge is 2.44. The molecule has 4 rings (SSSR count). The van der Waals surface area contributed by atoms with Gasteiger partial charge in [-0.05, 0) is 62.9 Å². The fourth-order valence-electron chi connectivity index (χ4n) is 6.40. The normalized spacial score (nSPS) is 18.2. The molecule has 2 aromatic rings. The Morgan fingerprint density at radius 3 is 2.13 bits per heavy atom. The van der Waals surface area contributed by atoms with Gasteiger partial charge in [0.15, 0.2) is 5.71 Å². The van der Waals surface area contributed by atoms with Crippen LogP contribution in [0.25, 0.3) is 0 Å². The minimum absolute atomic E-state index is 0.192. The molecule has 0 aromatic heterocycles. The van der Waals surface area contributed by atoms with Crippen molar-refractivity contribution in [1.82, 2.24) is 0 Å². The van der Waals surface area contributed by atoms with Gasteiger partial charge in [0, 0.05) is 47.5 Å². The van der Waals surface area contributed by atoms with Crippen LogP contribution in [0.3, 0.4) is 0 Å². The molecule has 0 amide bonds. The molecule has 0 spiro atoms. The molecular weight excluding hydrogens is 629 g/mol. The van der Waals surface area contributed by atoms with Crippen LogP contribution >= 0.6 is 0 Å². The molecule has 0 unspecified atom stereocenters. The first kappa shape index (κ1) is 35.3. The van der Waals surface area contributed by atoms with E-state index in [2.05, 4.69) is 41.5 Å². The van der Waals surface area contributed by atoms with Crippen molar-refractivity contribution >= 4 is 43.3 Å². The molecule has 0 bridgehead atoms. The van der Waals surface area contributed by atoms with Crippen molar-refractivity contribution in [3.8, 4) is 0 Å².